The highest BCUT2D eigenvalue weighted by molar-refractivity contribution is 6.29. The quantitative estimate of drug-likeness (QED) is 0.861. The van der Waals surface area contributed by atoms with E-state index in [0.717, 1.165) is 37.6 Å². The maximum atomic E-state index is 6.14. The van der Waals surface area contributed by atoms with Crippen LogP contribution < -0.4 is 5.32 Å². The van der Waals surface area contributed by atoms with Crippen molar-refractivity contribution in [1.29, 1.82) is 0 Å². The zero-order chi connectivity index (χ0) is 15.5. The molecular weight excluding hydrogens is 284 g/mol. The molecule has 0 spiro atoms. The van der Waals surface area contributed by atoms with Crippen LogP contribution >= 0.6 is 11.6 Å². The molecule has 0 saturated carbocycles. The summed E-state index contributed by atoms with van der Waals surface area (Å²) < 4.78 is 0. The van der Waals surface area contributed by atoms with Crippen LogP contribution in [0.15, 0.2) is 6.07 Å². The van der Waals surface area contributed by atoms with Gasteiger partial charge in [0, 0.05) is 30.6 Å². The molecule has 118 valence electrons. The lowest BCUT2D eigenvalue weighted by atomic mass is 9.96. The maximum Gasteiger partial charge on any atom is 0.137 e. The molecule has 0 atom stereocenters. The lowest BCUT2D eigenvalue weighted by Crippen LogP contribution is -2.39. The van der Waals surface area contributed by atoms with Crippen LogP contribution in [-0.4, -0.2) is 40.5 Å². The predicted molar refractivity (Wildman–Crippen MR) is 89.1 cm³/mol. The van der Waals surface area contributed by atoms with Crippen LogP contribution in [0.2, 0.25) is 5.15 Å². The van der Waals surface area contributed by atoms with E-state index in [2.05, 4.69) is 47.9 Å². The molecule has 21 heavy (non-hydrogen) atoms. The Hall–Kier alpha value is -0.870. The second-order valence-electron chi connectivity index (χ2n) is 6.91. The first-order valence-corrected chi connectivity index (χ1v) is 8.30. The summed E-state index contributed by atoms with van der Waals surface area (Å²) >= 11 is 6.14. The number of halogens is 1. The Bertz CT molecular complexity index is 462. The largest absolute Gasteiger partial charge is 0.367 e. The van der Waals surface area contributed by atoms with E-state index in [9.17, 15) is 0 Å². The van der Waals surface area contributed by atoms with E-state index in [1.54, 1.807) is 0 Å². The van der Waals surface area contributed by atoms with E-state index in [4.69, 9.17) is 11.6 Å². The molecule has 0 aliphatic carbocycles. The van der Waals surface area contributed by atoms with Gasteiger partial charge in [0.05, 0.1) is 0 Å². The first-order chi connectivity index (χ1) is 9.88. The maximum absolute atomic E-state index is 6.14. The van der Waals surface area contributed by atoms with Gasteiger partial charge in [0.25, 0.3) is 0 Å². The van der Waals surface area contributed by atoms with Crippen molar-refractivity contribution in [3.8, 4) is 0 Å². The molecule has 1 fully saturated rings. The van der Waals surface area contributed by atoms with Crippen molar-refractivity contribution in [2.75, 3.05) is 25.0 Å². The monoisotopic (exact) mass is 310 g/mol. The van der Waals surface area contributed by atoms with Gasteiger partial charge >= 0.3 is 0 Å². The van der Waals surface area contributed by atoms with Crippen LogP contribution in [0.25, 0.3) is 0 Å². The van der Waals surface area contributed by atoms with Crippen LogP contribution in [0.5, 0.6) is 0 Å². The topological polar surface area (TPSA) is 41.0 Å². The minimum absolute atomic E-state index is 0.0914. The summed E-state index contributed by atoms with van der Waals surface area (Å²) in [5, 5.41) is 4.05. The van der Waals surface area contributed by atoms with Gasteiger partial charge in [-0.25, -0.2) is 9.97 Å². The first kappa shape index (κ1) is 16.5. The highest BCUT2D eigenvalue weighted by atomic mass is 35.5. The average Bonchev–Trinajstić information content (AvgIpc) is 2.40. The smallest absolute Gasteiger partial charge is 0.137 e. The Labute approximate surface area is 133 Å². The third kappa shape index (κ3) is 4.82. The van der Waals surface area contributed by atoms with Gasteiger partial charge in [-0.3, -0.25) is 0 Å². The number of rotatable bonds is 4. The molecule has 1 aromatic heterocycles. The SMILES string of the molecule is CCCN1CCC(Nc2cc(Cl)nc(C(C)(C)C)n2)CC1. The number of hydrogen-bond acceptors (Lipinski definition) is 4. The summed E-state index contributed by atoms with van der Waals surface area (Å²) in [6.45, 7) is 12.1. The predicted octanol–water partition coefficient (Wildman–Crippen LogP) is 3.71. The molecule has 2 heterocycles. The number of anilines is 1. The van der Waals surface area contributed by atoms with E-state index in [1.807, 2.05) is 6.07 Å². The van der Waals surface area contributed by atoms with E-state index < -0.39 is 0 Å². The molecule has 0 bridgehead atoms. The number of likely N-dealkylation sites (tertiary alicyclic amines) is 1. The van der Waals surface area contributed by atoms with Crippen molar-refractivity contribution in [2.24, 2.45) is 0 Å². The summed E-state index contributed by atoms with van der Waals surface area (Å²) in [5.74, 6) is 1.65. The van der Waals surface area contributed by atoms with Gasteiger partial charge < -0.3 is 10.2 Å². The first-order valence-electron chi connectivity index (χ1n) is 7.92. The summed E-state index contributed by atoms with van der Waals surface area (Å²) in [5.41, 5.74) is -0.0914. The molecule has 2 rings (SSSR count). The van der Waals surface area contributed by atoms with Gasteiger partial charge in [0.1, 0.15) is 16.8 Å². The zero-order valence-corrected chi connectivity index (χ0v) is 14.4. The zero-order valence-electron chi connectivity index (χ0n) is 13.6. The number of hydrogen-bond donors (Lipinski definition) is 1. The standard InChI is InChI=1S/C16H27ClN4/c1-5-8-21-9-6-12(7-10-21)18-14-11-13(17)19-15(20-14)16(2,3)4/h11-12H,5-10H2,1-4H3,(H,18,19,20). The summed E-state index contributed by atoms with van der Waals surface area (Å²) in [7, 11) is 0. The van der Waals surface area contributed by atoms with E-state index >= 15 is 0 Å². The van der Waals surface area contributed by atoms with Crippen molar-refractivity contribution in [3.05, 3.63) is 17.0 Å². The fraction of sp³-hybridized carbons (Fsp3) is 0.750. The molecule has 0 aromatic carbocycles. The summed E-state index contributed by atoms with van der Waals surface area (Å²) in [6.07, 6.45) is 3.55. The highest BCUT2D eigenvalue weighted by Crippen LogP contribution is 2.23. The normalized spacial score (nSPS) is 18.0. The third-order valence-corrected chi connectivity index (χ3v) is 4.04. The molecule has 4 nitrogen and oxygen atoms in total. The molecule has 1 aromatic rings. The third-order valence-electron chi connectivity index (χ3n) is 3.85. The van der Waals surface area contributed by atoms with Crippen LogP contribution in [0, 0.1) is 0 Å². The molecule has 0 amide bonds. The molecule has 0 unspecified atom stereocenters. The highest BCUT2D eigenvalue weighted by Gasteiger charge is 2.21. The molecule has 1 aliphatic rings. The van der Waals surface area contributed by atoms with Crippen molar-refractivity contribution in [3.63, 3.8) is 0 Å². The Morgan fingerprint density at radius 3 is 2.52 bits per heavy atom. The van der Waals surface area contributed by atoms with E-state index in [0.29, 0.717) is 11.2 Å². The Morgan fingerprint density at radius 1 is 1.29 bits per heavy atom. The lowest BCUT2D eigenvalue weighted by Gasteiger charge is -2.32. The van der Waals surface area contributed by atoms with E-state index in [-0.39, 0.29) is 5.41 Å². The van der Waals surface area contributed by atoms with Crippen molar-refractivity contribution < 1.29 is 0 Å². The second kappa shape index (κ2) is 6.93. The molecule has 1 saturated heterocycles. The fourth-order valence-corrected chi connectivity index (χ4v) is 2.84. The van der Waals surface area contributed by atoms with Gasteiger partial charge in [-0.05, 0) is 25.8 Å². The Balaban J connectivity index is 1.99. The van der Waals surface area contributed by atoms with E-state index in [1.165, 1.54) is 13.0 Å². The molecule has 0 radical (unpaired) electrons. The number of piperidine rings is 1. The second-order valence-corrected chi connectivity index (χ2v) is 7.30. The van der Waals surface area contributed by atoms with Crippen LogP contribution in [0.4, 0.5) is 5.82 Å². The van der Waals surface area contributed by atoms with Crippen LogP contribution in [0.3, 0.4) is 0 Å². The molecule has 5 heteroatoms. The molecule has 1 aliphatic heterocycles. The van der Waals surface area contributed by atoms with Crippen LogP contribution in [-0.2, 0) is 5.41 Å². The lowest BCUT2D eigenvalue weighted by molar-refractivity contribution is 0.219. The van der Waals surface area contributed by atoms with Crippen molar-refractivity contribution in [2.45, 2.75) is 58.4 Å². The number of nitrogens with zero attached hydrogens (tertiary/aromatic N) is 3. The fourth-order valence-electron chi connectivity index (χ4n) is 2.65. The summed E-state index contributed by atoms with van der Waals surface area (Å²) in [6, 6.07) is 2.31. The Kier molecular flexibility index (Phi) is 5.44. The summed E-state index contributed by atoms with van der Waals surface area (Å²) in [4.78, 5) is 11.5. The minimum atomic E-state index is -0.0914. The van der Waals surface area contributed by atoms with Gasteiger partial charge in [-0.2, -0.15) is 0 Å². The van der Waals surface area contributed by atoms with Gasteiger partial charge in [-0.1, -0.05) is 39.3 Å². The van der Waals surface area contributed by atoms with Gasteiger partial charge in [-0.15, -0.1) is 0 Å². The Morgan fingerprint density at radius 2 is 1.95 bits per heavy atom. The van der Waals surface area contributed by atoms with Gasteiger partial charge in [0.2, 0.25) is 0 Å². The molecule has 1 N–H and O–H groups in total. The number of aromatic nitrogens is 2. The van der Waals surface area contributed by atoms with Crippen LogP contribution in [0.1, 0.15) is 52.8 Å². The van der Waals surface area contributed by atoms with Crippen molar-refractivity contribution in [1.82, 2.24) is 14.9 Å². The molecular formula is C16H27ClN4. The van der Waals surface area contributed by atoms with Gasteiger partial charge in [0.15, 0.2) is 0 Å². The van der Waals surface area contributed by atoms with Crippen molar-refractivity contribution >= 4 is 17.4 Å². The number of nitrogens with one attached hydrogen (secondary N) is 1. The average molecular weight is 311 g/mol. The minimum Gasteiger partial charge on any atom is -0.367 e.